The van der Waals surface area contributed by atoms with Gasteiger partial charge < -0.3 is 16.2 Å². The second-order valence-electron chi connectivity index (χ2n) is 3.53. The summed E-state index contributed by atoms with van der Waals surface area (Å²) in [5.41, 5.74) is 11.7. The molecular formula is C12H12N4O2. The Hall–Kier alpha value is -2.47. The molecule has 0 radical (unpaired) electrons. The van der Waals surface area contributed by atoms with E-state index in [0.717, 1.165) is 0 Å². The minimum Gasteiger partial charge on any atom is -0.424 e. The van der Waals surface area contributed by atoms with Crippen LogP contribution in [0.5, 0.6) is 11.8 Å². The summed E-state index contributed by atoms with van der Waals surface area (Å²) in [4.78, 5) is 19.0. The van der Waals surface area contributed by atoms with Crippen LogP contribution in [0.3, 0.4) is 0 Å². The molecule has 6 nitrogen and oxygen atoms in total. The molecule has 4 N–H and O–H groups in total. The van der Waals surface area contributed by atoms with Crippen LogP contribution in [0.2, 0.25) is 0 Å². The number of ether oxygens (including phenoxy) is 1. The maximum atomic E-state index is 10.9. The van der Waals surface area contributed by atoms with Crippen LogP contribution in [-0.2, 0) is 6.54 Å². The van der Waals surface area contributed by atoms with Gasteiger partial charge >= 0.3 is 6.01 Å². The second kappa shape index (κ2) is 5.24. The summed E-state index contributed by atoms with van der Waals surface area (Å²) in [6.45, 7) is 0.319. The lowest BCUT2D eigenvalue weighted by molar-refractivity contribution is 0.100. The average molecular weight is 244 g/mol. The molecule has 1 amide bonds. The molecule has 1 aromatic carbocycles. The summed E-state index contributed by atoms with van der Waals surface area (Å²) in [6, 6.07) is 8.32. The summed E-state index contributed by atoms with van der Waals surface area (Å²) in [5.74, 6) is 0.0390. The van der Waals surface area contributed by atoms with Crippen LogP contribution >= 0.6 is 0 Å². The molecule has 18 heavy (non-hydrogen) atoms. The van der Waals surface area contributed by atoms with Gasteiger partial charge in [-0.25, -0.2) is 4.98 Å². The number of hydrogen-bond acceptors (Lipinski definition) is 5. The Morgan fingerprint density at radius 2 is 1.94 bits per heavy atom. The molecule has 0 fully saturated rings. The Morgan fingerprint density at radius 3 is 2.56 bits per heavy atom. The predicted octanol–water partition coefficient (Wildman–Crippen LogP) is 0.826. The van der Waals surface area contributed by atoms with E-state index in [1.165, 1.54) is 0 Å². The van der Waals surface area contributed by atoms with Gasteiger partial charge in [-0.1, -0.05) is 0 Å². The maximum Gasteiger partial charge on any atom is 0.322 e. The first-order chi connectivity index (χ1) is 8.69. The minimum atomic E-state index is -0.483. The zero-order valence-electron chi connectivity index (χ0n) is 9.54. The minimum absolute atomic E-state index is 0.213. The number of rotatable bonds is 4. The van der Waals surface area contributed by atoms with E-state index in [-0.39, 0.29) is 6.01 Å². The van der Waals surface area contributed by atoms with Gasteiger partial charge in [0.1, 0.15) is 5.75 Å². The molecule has 0 saturated heterocycles. The molecule has 0 saturated carbocycles. The van der Waals surface area contributed by atoms with Crippen LogP contribution in [0.15, 0.2) is 36.5 Å². The second-order valence-corrected chi connectivity index (χ2v) is 3.53. The van der Waals surface area contributed by atoms with Crippen molar-refractivity contribution in [2.75, 3.05) is 0 Å². The normalized spacial score (nSPS) is 10.1. The summed E-state index contributed by atoms with van der Waals surface area (Å²) < 4.78 is 5.43. The van der Waals surface area contributed by atoms with Crippen molar-refractivity contribution in [1.82, 2.24) is 9.97 Å². The number of benzene rings is 1. The van der Waals surface area contributed by atoms with E-state index in [1.54, 1.807) is 36.5 Å². The third kappa shape index (κ3) is 2.80. The van der Waals surface area contributed by atoms with E-state index < -0.39 is 5.91 Å². The number of hydrogen-bond donors (Lipinski definition) is 2. The van der Waals surface area contributed by atoms with E-state index >= 15 is 0 Å². The first-order valence-electron chi connectivity index (χ1n) is 5.29. The van der Waals surface area contributed by atoms with Crippen LogP contribution in [0.1, 0.15) is 16.1 Å². The Kier molecular flexibility index (Phi) is 3.49. The van der Waals surface area contributed by atoms with Gasteiger partial charge in [0, 0.05) is 18.3 Å². The van der Waals surface area contributed by atoms with Gasteiger partial charge in [0.25, 0.3) is 0 Å². The molecule has 0 aliphatic heterocycles. The Bertz CT molecular complexity index is 554. The number of nitrogens with zero attached hydrogens (tertiary/aromatic N) is 2. The molecule has 0 aliphatic carbocycles. The molecular weight excluding hydrogens is 232 g/mol. The van der Waals surface area contributed by atoms with Gasteiger partial charge in [-0.2, -0.15) is 4.98 Å². The van der Waals surface area contributed by atoms with Crippen LogP contribution in [0, 0.1) is 0 Å². The van der Waals surface area contributed by atoms with Crippen molar-refractivity contribution >= 4 is 5.91 Å². The summed E-state index contributed by atoms with van der Waals surface area (Å²) in [6.07, 6.45) is 1.57. The summed E-state index contributed by atoms with van der Waals surface area (Å²) in [7, 11) is 0. The van der Waals surface area contributed by atoms with Crippen molar-refractivity contribution in [3.8, 4) is 11.8 Å². The van der Waals surface area contributed by atoms with Crippen molar-refractivity contribution in [2.24, 2.45) is 11.5 Å². The number of carbonyl (C=O) groups is 1. The Labute approximate surface area is 104 Å². The maximum absolute atomic E-state index is 10.9. The van der Waals surface area contributed by atoms with E-state index in [1.807, 2.05) is 0 Å². The van der Waals surface area contributed by atoms with Crippen molar-refractivity contribution in [1.29, 1.82) is 0 Å². The fourth-order valence-electron chi connectivity index (χ4n) is 1.33. The number of carbonyl (C=O) groups excluding carboxylic acids is 1. The van der Waals surface area contributed by atoms with Crippen LogP contribution in [-0.4, -0.2) is 15.9 Å². The third-order valence-electron chi connectivity index (χ3n) is 2.25. The Balaban J connectivity index is 2.15. The summed E-state index contributed by atoms with van der Waals surface area (Å²) >= 11 is 0. The topological polar surface area (TPSA) is 104 Å². The molecule has 2 rings (SSSR count). The largest absolute Gasteiger partial charge is 0.424 e. The first-order valence-corrected chi connectivity index (χ1v) is 5.29. The molecule has 92 valence electrons. The highest BCUT2D eigenvalue weighted by Gasteiger charge is 2.03. The molecule has 0 spiro atoms. The fraction of sp³-hybridized carbons (Fsp3) is 0.0833. The highest BCUT2D eigenvalue weighted by Crippen LogP contribution is 2.17. The standard InChI is InChI=1S/C12H12N4O2/c13-7-9-5-6-15-12(16-9)18-10-3-1-8(2-4-10)11(14)17/h1-6H,7,13H2,(H2,14,17). The highest BCUT2D eigenvalue weighted by atomic mass is 16.5. The van der Waals surface area contributed by atoms with E-state index in [4.69, 9.17) is 16.2 Å². The SMILES string of the molecule is NCc1ccnc(Oc2ccc(C(N)=O)cc2)n1. The van der Waals surface area contributed by atoms with Gasteiger partial charge in [0.15, 0.2) is 0 Å². The molecule has 0 aliphatic rings. The molecule has 6 heteroatoms. The lowest BCUT2D eigenvalue weighted by atomic mass is 10.2. The molecule has 1 aromatic heterocycles. The lowest BCUT2D eigenvalue weighted by Gasteiger charge is -2.04. The van der Waals surface area contributed by atoms with Crippen molar-refractivity contribution in [2.45, 2.75) is 6.54 Å². The zero-order valence-corrected chi connectivity index (χ0v) is 9.54. The fourth-order valence-corrected chi connectivity index (χ4v) is 1.33. The summed E-state index contributed by atoms with van der Waals surface area (Å²) in [5, 5.41) is 0. The first kappa shape index (κ1) is 12.0. The van der Waals surface area contributed by atoms with Crippen molar-refractivity contribution in [3.63, 3.8) is 0 Å². The molecule has 1 heterocycles. The highest BCUT2D eigenvalue weighted by molar-refractivity contribution is 5.92. The van der Waals surface area contributed by atoms with E-state index in [9.17, 15) is 4.79 Å². The van der Waals surface area contributed by atoms with Crippen LogP contribution in [0.4, 0.5) is 0 Å². The molecule has 0 bridgehead atoms. The van der Waals surface area contributed by atoms with E-state index in [0.29, 0.717) is 23.6 Å². The van der Waals surface area contributed by atoms with Gasteiger partial charge in [-0.05, 0) is 30.3 Å². The monoisotopic (exact) mass is 244 g/mol. The van der Waals surface area contributed by atoms with Gasteiger partial charge in [0.2, 0.25) is 5.91 Å². The van der Waals surface area contributed by atoms with Gasteiger partial charge in [0.05, 0.1) is 5.69 Å². The van der Waals surface area contributed by atoms with Gasteiger partial charge in [-0.15, -0.1) is 0 Å². The smallest absolute Gasteiger partial charge is 0.322 e. The molecule has 2 aromatic rings. The number of aromatic nitrogens is 2. The number of amides is 1. The van der Waals surface area contributed by atoms with Crippen molar-refractivity contribution in [3.05, 3.63) is 47.8 Å². The zero-order chi connectivity index (χ0) is 13.0. The number of primary amides is 1. The Morgan fingerprint density at radius 1 is 1.22 bits per heavy atom. The molecule has 0 unspecified atom stereocenters. The third-order valence-corrected chi connectivity index (χ3v) is 2.25. The van der Waals surface area contributed by atoms with Gasteiger partial charge in [-0.3, -0.25) is 4.79 Å². The van der Waals surface area contributed by atoms with Crippen LogP contribution in [0.25, 0.3) is 0 Å². The number of nitrogens with two attached hydrogens (primary N) is 2. The van der Waals surface area contributed by atoms with Crippen molar-refractivity contribution < 1.29 is 9.53 Å². The van der Waals surface area contributed by atoms with E-state index in [2.05, 4.69) is 9.97 Å². The quantitative estimate of drug-likeness (QED) is 0.828. The predicted molar refractivity (Wildman–Crippen MR) is 65.0 cm³/mol. The average Bonchev–Trinajstić information content (AvgIpc) is 2.39. The lowest BCUT2D eigenvalue weighted by Crippen LogP contribution is -2.10. The molecule has 0 atom stereocenters. The van der Waals surface area contributed by atoms with Crippen LogP contribution < -0.4 is 16.2 Å².